The van der Waals surface area contributed by atoms with E-state index in [1.165, 1.54) is 0 Å². The van der Waals surface area contributed by atoms with E-state index < -0.39 is 0 Å². The van der Waals surface area contributed by atoms with Crippen molar-refractivity contribution in [3.63, 3.8) is 0 Å². The molecular weight excluding hydrogens is 350 g/mol. The first-order valence-corrected chi connectivity index (χ1v) is 8.90. The van der Waals surface area contributed by atoms with Gasteiger partial charge in [0.2, 0.25) is 0 Å². The van der Waals surface area contributed by atoms with Gasteiger partial charge in [-0.1, -0.05) is 35.9 Å². The van der Waals surface area contributed by atoms with Gasteiger partial charge in [0.15, 0.2) is 0 Å². The molecule has 2 aromatic rings. The number of hydrogen-bond acceptors (Lipinski definition) is 3. The van der Waals surface area contributed by atoms with Crippen LogP contribution < -0.4 is 15.0 Å². The van der Waals surface area contributed by atoms with Crippen molar-refractivity contribution < 1.29 is 9.53 Å². The Morgan fingerprint density at radius 3 is 2.62 bits per heavy atom. The number of rotatable bonds is 4. The van der Waals surface area contributed by atoms with Crippen LogP contribution in [-0.4, -0.2) is 44.2 Å². The predicted molar refractivity (Wildman–Crippen MR) is 106 cm³/mol. The van der Waals surface area contributed by atoms with Crippen LogP contribution >= 0.6 is 11.6 Å². The van der Waals surface area contributed by atoms with Gasteiger partial charge < -0.3 is 19.9 Å². The SMILES string of the molecule is COc1ccccc1N1CCN(C(=O)N/C=C/c2cccc(Cl)c2)CC1. The van der Waals surface area contributed by atoms with Crippen LogP contribution in [0.5, 0.6) is 5.75 Å². The highest BCUT2D eigenvalue weighted by Crippen LogP contribution is 2.28. The van der Waals surface area contributed by atoms with Gasteiger partial charge in [-0.15, -0.1) is 0 Å². The summed E-state index contributed by atoms with van der Waals surface area (Å²) < 4.78 is 5.42. The number of para-hydroxylation sites is 2. The molecule has 0 saturated carbocycles. The Hall–Kier alpha value is -2.66. The monoisotopic (exact) mass is 371 g/mol. The van der Waals surface area contributed by atoms with Gasteiger partial charge in [0, 0.05) is 37.4 Å². The number of ether oxygens (including phenoxy) is 1. The standard InChI is InChI=1S/C20H22ClN3O2/c1-26-19-8-3-2-7-18(19)23-11-13-24(14-12-23)20(25)22-10-9-16-5-4-6-17(21)15-16/h2-10,15H,11-14H2,1H3,(H,22,25)/b10-9+. The van der Waals surface area contributed by atoms with E-state index in [0.717, 1.165) is 30.1 Å². The van der Waals surface area contributed by atoms with Crippen molar-refractivity contribution in [2.75, 3.05) is 38.2 Å². The summed E-state index contributed by atoms with van der Waals surface area (Å²) in [5, 5.41) is 3.49. The highest BCUT2D eigenvalue weighted by atomic mass is 35.5. The Kier molecular flexibility index (Phi) is 6.02. The van der Waals surface area contributed by atoms with Gasteiger partial charge in [-0.3, -0.25) is 0 Å². The van der Waals surface area contributed by atoms with Crippen molar-refractivity contribution in [3.05, 3.63) is 65.3 Å². The Bertz CT molecular complexity index is 786. The molecule has 0 atom stereocenters. The first kappa shape index (κ1) is 18.1. The Balaban J connectivity index is 1.52. The van der Waals surface area contributed by atoms with Gasteiger partial charge in [-0.05, 0) is 35.9 Å². The third-order valence-corrected chi connectivity index (χ3v) is 4.56. The van der Waals surface area contributed by atoms with Gasteiger partial charge in [-0.25, -0.2) is 4.79 Å². The number of halogens is 1. The van der Waals surface area contributed by atoms with Crippen molar-refractivity contribution >= 4 is 29.4 Å². The second-order valence-corrected chi connectivity index (χ2v) is 6.42. The lowest BCUT2D eigenvalue weighted by molar-refractivity contribution is 0.198. The molecule has 1 N–H and O–H groups in total. The molecule has 1 aliphatic heterocycles. The molecule has 1 saturated heterocycles. The maximum atomic E-state index is 12.3. The number of carbonyl (C=O) groups excluding carboxylic acids is 1. The minimum absolute atomic E-state index is 0.0945. The lowest BCUT2D eigenvalue weighted by Crippen LogP contribution is -2.51. The Morgan fingerprint density at radius 2 is 1.88 bits per heavy atom. The van der Waals surface area contributed by atoms with E-state index in [0.29, 0.717) is 18.1 Å². The third-order valence-electron chi connectivity index (χ3n) is 4.32. The van der Waals surface area contributed by atoms with E-state index in [1.54, 1.807) is 13.3 Å². The number of carbonyl (C=O) groups is 1. The smallest absolute Gasteiger partial charge is 0.321 e. The third kappa shape index (κ3) is 4.49. The topological polar surface area (TPSA) is 44.8 Å². The van der Waals surface area contributed by atoms with Crippen molar-refractivity contribution in [1.82, 2.24) is 10.2 Å². The minimum Gasteiger partial charge on any atom is -0.495 e. The normalized spacial score (nSPS) is 14.5. The number of benzene rings is 2. The van der Waals surface area contributed by atoms with E-state index in [2.05, 4.69) is 10.2 Å². The van der Waals surface area contributed by atoms with Crippen LogP contribution in [0.15, 0.2) is 54.7 Å². The summed E-state index contributed by atoms with van der Waals surface area (Å²) in [4.78, 5) is 16.4. The van der Waals surface area contributed by atoms with Crippen molar-refractivity contribution in [3.8, 4) is 5.75 Å². The Morgan fingerprint density at radius 1 is 1.12 bits per heavy atom. The van der Waals surface area contributed by atoms with E-state index in [9.17, 15) is 4.79 Å². The van der Waals surface area contributed by atoms with E-state index in [4.69, 9.17) is 16.3 Å². The molecule has 0 aliphatic carbocycles. The first-order chi connectivity index (χ1) is 12.7. The quantitative estimate of drug-likeness (QED) is 0.887. The predicted octanol–water partition coefficient (Wildman–Crippen LogP) is 3.85. The summed E-state index contributed by atoms with van der Waals surface area (Å²) in [6, 6.07) is 15.3. The summed E-state index contributed by atoms with van der Waals surface area (Å²) in [7, 11) is 1.68. The lowest BCUT2D eigenvalue weighted by atomic mass is 10.2. The molecule has 0 aromatic heterocycles. The van der Waals surface area contributed by atoms with Crippen LogP contribution in [-0.2, 0) is 0 Å². The average molecular weight is 372 g/mol. The highest BCUT2D eigenvalue weighted by Gasteiger charge is 2.22. The number of anilines is 1. The van der Waals surface area contributed by atoms with E-state index >= 15 is 0 Å². The van der Waals surface area contributed by atoms with E-state index in [-0.39, 0.29) is 6.03 Å². The summed E-state index contributed by atoms with van der Waals surface area (Å²) in [6.45, 7) is 2.86. The summed E-state index contributed by atoms with van der Waals surface area (Å²) in [5.41, 5.74) is 2.01. The lowest BCUT2D eigenvalue weighted by Gasteiger charge is -2.36. The van der Waals surface area contributed by atoms with Gasteiger partial charge in [0.05, 0.1) is 12.8 Å². The molecule has 6 heteroatoms. The van der Waals surface area contributed by atoms with Gasteiger partial charge in [-0.2, -0.15) is 0 Å². The van der Waals surface area contributed by atoms with E-state index in [1.807, 2.05) is 59.5 Å². The zero-order valence-corrected chi connectivity index (χ0v) is 15.4. The van der Waals surface area contributed by atoms with Crippen LogP contribution in [0.3, 0.4) is 0 Å². The van der Waals surface area contributed by atoms with Crippen molar-refractivity contribution in [1.29, 1.82) is 0 Å². The first-order valence-electron chi connectivity index (χ1n) is 8.53. The van der Waals surface area contributed by atoms with Gasteiger partial charge in [0.25, 0.3) is 0 Å². The Labute approximate surface area is 158 Å². The number of urea groups is 1. The van der Waals surface area contributed by atoms with Crippen LogP contribution in [0.2, 0.25) is 5.02 Å². The molecule has 1 fully saturated rings. The minimum atomic E-state index is -0.0945. The van der Waals surface area contributed by atoms with Crippen LogP contribution in [0.25, 0.3) is 6.08 Å². The number of piperazine rings is 1. The molecule has 0 bridgehead atoms. The second kappa shape index (κ2) is 8.63. The zero-order valence-electron chi connectivity index (χ0n) is 14.7. The van der Waals surface area contributed by atoms with Crippen molar-refractivity contribution in [2.24, 2.45) is 0 Å². The molecule has 2 amide bonds. The molecule has 1 aliphatic rings. The highest BCUT2D eigenvalue weighted by molar-refractivity contribution is 6.30. The number of amides is 2. The fourth-order valence-electron chi connectivity index (χ4n) is 2.95. The molecule has 0 radical (unpaired) electrons. The molecule has 3 rings (SSSR count). The number of nitrogens with one attached hydrogen (secondary N) is 1. The largest absolute Gasteiger partial charge is 0.495 e. The molecular formula is C20H22ClN3O2. The number of methoxy groups -OCH3 is 1. The zero-order chi connectivity index (χ0) is 18.4. The number of nitrogens with zero attached hydrogens (tertiary/aromatic N) is 2. The maximum absolute atomic E-state index is 12.3. The van der Waals surface area contributed by atoms with Crippen LogP contribution in [0, 0.1) is 0 Å². The molecule has 1 heterocycles. The molecule has 26 heavy (non-hydrogen) atoms. The van der Waals surface area contributed by atoms with Crippen molar-refractivity contribution in [2.45, 2.75) is 0 Å². The molecule has 2 aromatic carbocycles. The average Bonchev–Trinajstić information content (AvgIpc) is 2.68. The van der Waals surface area contributed by atoms with Gasteiger partial charge in [0.1, 0.15) is 5.75 Å². The van der Waals surface area contributed by atoms with Gasteiger partial charge >= 0.3 is 6.03 Å². The molecule has 5 nitrogen and oxygen atoms in total. The summed E-state index contributed by atoms with van der Waals surface area (Å²) >= 11 is 5.95. The maximum Gasteiger partial charge on any atom is 0.321 e. The summed E-state index contributed by atoms with van der Waals surface area (Å²) in [6.07, 6.45) is 3.48. The fraction of sp³-hybridized carbons (Fsp3) is 0.250. The van der Waals surface area contributed by atoms with Crippen LogP contribution in [0.1, 0.15) is 5.56 Å². The molecule has 136 valence electrons. The van der Waals surface area contributed by atoms with Crippen LogP contribution in [0.4, 0.5) is 10.5 Å². The fourth-order valence-corrected chi connectivity index (χ4v) is 3.15. The number of hydrogen-bond donors (Lipinski definition) is 1. The summed E-state index contributed by atoms with van der Waals surface area (Å²) in [5.74, 6) is 0.856. The second-order valence-electron chi connectivity index (χ2n) is 5.98. The molecule has 0 unspecified atom stereocenters. The molecule has 0 spiro atoms.